The molecule has 1 saturated heterocycles. The van der Waals surface area contributed by atoms with Crippen LogP contribution in [0, 0.1) is 0 Å². The summed E-state index contributed by atoms with van der Waals surface area (Å²) in [6.07, 6.45) is -3.42. The first kappa shape index (κ1) is 16.7. The summed E-state index contributed by atoms with van der Waals surface area (Å²) in [6.45, 7) is -0.197. The van der Waals surface area contributed by atoms with Crippen LogP contribution in [0.15, 0.2) is 6.33 Å². The molecule has 0 spiro atoms. The van der Waals surface area contributed by atoms with Crippen molar-refractivity contribution in [3.63, 3.8) is 0 Å². The van der Waals surface area contributed by atoms with Gasteiger partial charge in [-0.1, -0.05) is 12.2 Å². The lowest BCUT2D eigenvalue weighted by atomic mass is 10.1. The molecule has 0 aromatic carbocycles. The smallest absolute Gasteiger partial charge is 0.387 e. The maximum atomic E-state index is 10.7. The molecule has 128 valence electrons. The van der Waals surface area contributed by atoms with Gasteiger partial charge in [0.2, 0.25) is 0 Å². The summed E-state index contributed by atoms with van der Waals surface area (Å²) in [5.74, 6) is 0.515. The van der Waals surface area contributed by atoms with Crippen molar-refractivity contribution in [2.24, 2.45) is 0 Å². The Morgan fingerprint density at radius 1 is 1.43 bits per heavy atom. The molecule has 1 aromatic rings. The topological polar surface area (TPSA) is 158 Å². The van der Waals surface area contributed by atoms with Gasteiger partial charge in [0.1, 0.15) is 34.8 Å². The second-order valence-electron chi connectivity index (χ2n) is 5.04. The third kappa shape index (κ3) is 3.25. The Labute approximate surface area is 135 Å². The fraction of sp³-hybridized carbons (Fsp3) is 0.600. The molecular weight excluding hydrogens is 351 g/mol. The quantitative estimate of drug-likeness (QED) is 0.265. The summed E-state index contributed by atoms with van der Waals surface area (Å²) in [5.41, 5.74) is 0.478. The maximum Gasteiger partial charge on any atom is 0.469 e. The molecule has 0 radical (unpaired) electrons. The lowest BCUT2D eigenvalue weighted by Gasteiger charge is -2.23. The SMILES string of the molecule is O=P(O)(O)OC[C@@H]1O[C@H](n2cnc3c2NCNC3=S)C(O)C1O. The highest BCUT2D eigenvalue weighted by Gasteiger charge is 2.45. The zero-order valence-corrected chi connectivity index (χ0v) is 13.3. The Morgan fingerprint density at radius 3 is 2.87 bits per heavy atom. The number of phosphoric acid groups is 1. The van der Waals surface area contributed by atoms with E-state index in [1.807, 2.05) is 0 Å². The number of ether oxygens (including phenoxy) is 1. The van der Waals surface area contributed by atoms with E-state index in [-0.39, 0.29) is 0 Å². The van der Waals surface area contributed by atoms with Crippen molar-refractivity contribution in [1.82, 2.24) is 14.9 Å². The van der Waals surface area contributed by atoms with Gasteiger partial charge in [-0.3, -0.25) is 9.09 Å². The summed E-state index contributed by atoms with van der Waals surface area (Å²) >= 11 is 5.12. The van der Waals surface area contributed by atoms with Gasteiger partial charge in [0.25, 0.3) is 0 Å². The van der Waals surface area contributed by atoms with Crippen molar-refractivity contribution in [2.75, 3.05) is 18.6 Å². The molecule has 3 heterocycles. The minimum Gasteiger partial charge on any atom is -0.387 e. The average Bonchev–Trinajstić information content (AvgIpc) is 3.01. The Kier molecular flexibility index (Phi) is 4.42. The number of hydrogen-bond acceptors (Lipinski definition) is 8. The molecule has 4 atom stereocenters. The number of hydrogen-bond donors (Lipinski definition) is 6. The minimum absolute atomic E-state index is 0.369. The van der Waals surface area contributed by atoms with Gasteiger partial charge in [0.05, 0.1) is 19.6 Å². The zero-order chi connectivity index (χ0) is 16.8. The lowest BCUT2D eigenvalue weighted by Crippen LogP contribution is -2.36. The monoisotopic (exact) mass is 366 g/mol. The van der Waals surface area contributed by atoms with E-state index >= 15 is 0 Å². The predicted molar refractivity (Wildman–Crippen MR) is 79.5 cm³/mol. The second kappa shape index (κ2) is 6.07. The number of fused-ring (bicyclic) bond motifs is 1. The normalized spacial score (nSPS) is 30.7. The molecule has 2 aliphatic heterocycles. The van der Waals surface area contributed by atoms with Gasteiger partial charge in [-0.25, -0.2) is 9.55 Å². The lowest BCUT2D eigenvalue weighted by molar-refractivity contribution is -0.0511. The molecule has 3 rings (SSSR count). The van der Waals surface area contributed by atoms with Crippen molar-refractivity contribution in [3.05, 3.63) is 12.0 Å². The number of imidazole rings is 1. The summed E-state index contributed by atoms with van der Waals surface area (Å²) in [4.78, 5) is 22.0. The number of thiocarbonyl (C=S) groups is 1. The van der Waals surface area contributed by atoms with E-state index in [0.29, 0.717) is 23.2 Å². The van der Waals surface area contributed by atoms with E-state index in [9.17, 15) is 14.8 Å². The van der Waals surface area contributed by atoms with Gasteiger partial charge in [0.15, 0.2) is 6.23 Å². The number of rotatable bonds is 4. The second-order valence-corrected chi connectivity index (χ2v) is 6.69. The summed E-state index contributed by atoms with van der Waals surface area (Å²) in [6, 6.07) is 0. The molecule has 6 N–H and O–H groups in total. The highest BCUT2D eigenvalue weighted by atomic mass is 32.1. The van der Waals surface area contributed by atoms with Crippen molar-refractivity contribution in [2.45, 2.75) is 24.5 Å². The highest BCUT2D eigenvalue weighted by molar-refractivity contribution is 7.80. The first-order valence-corrected chi connectivity index (χ1v) is 8.52. The summed E-state index contributed by atoms with van der Waals surface area (Å²) in [5, 5.41) is 26.0. The molecule has 2 unspecified atom stereocenters. The van der Waals surface area contributed by atoms with Crippen LogP contribution in [-0.2, 0) is 13.8 Å². The number of aliphatic hydroxyl groups is 2. The average molecular weight is 366 g/mol. The molecule has 2 aliphatic rings. The number of nitrogens with one attached hydrogen (secondary N) is 2. The molecule has 23 heavy (non-hydrogen) atoms. The van der Waals surface area contributed by atoms with E-state index in [1.54, 1.807) is 0 Å². The van der Waals surface area contributed by atoms with Crippen LogP contribution in [0.2, 0.25) is 0 Å². The molecule has 0 aliphatic carbocycles. The van der Waals surface area contributed by atoms with Crippen LogP contribution < -0.4 is 10.6 Å². The molecule has 0 saturated carbocycles. The van der Waals surface area contributed by atoms with Crippen LogP contribution in [0.3, 0.4) is 0 Å². The van der Waals surface area contributed by atoms with Crippen LogP contribution in [0.4, 0.5) is 5.82 Å². The van der Waals surface area contributed by atoms with Crippen LogP contribution >= 0.6 is 20.0 Å². The van der Waals surface area contributed by atoms with Gasteiger partial charge >= 0.3 is 7.82 Å². The van der Waals surface area contributed by atoms with E-state index in [4.69, 9.17) is 26.7 Å². The third-order valence-electron chi connectivity index (χ3n) is 3.53. The fourth-order valence-electron chi connectivity index (χ4n) is 2.45. The van der Waals surface area contributed by atoms with Crippen LogP contribution in [0.5, 0.6) is 0 Å². The first-order valence-electron chi connectivity index (χ1n) is 6.58. The fourth-order valence-corrected chi connectivity index (χ4v) is 3.02. The van der Waals surface area contributed by atoms with Crippen LogP contribution in [0.25, 0.3) is 0 Å². The molecule has 1 fully saturated rings. The van der Waals surface area contributed by atoms with Crippen molar-refractivity contribution in [3.8, 4) is 0 Å². The number of anilines is 1. The van der Waals surface area contributed by atoms with Crippen molar-refractivity contribution < 1.29 is 33.8 Å². The standard InChI is InChI=1S/C10H15N4O7PS/c15-6-4(1-20-22(17,18)19)21-10(7(6)16)14-3-13-5-8(14)11-2-12-9(5)23/h3-4,6-7,10-11,15-16H,1-2H2,(H,12,23)(H2,17,18,19)/t4-,6?,7?,10-/m0/s1. The summed E-state index contributed by atoms with van der Waals surface area (Å²) in [7, 11) is -4.70. The van der Waals surface area contributed by atoms with E-state index in [2.05, 4.69) is 20.1 Å². The molecule has 1 aromatic heterocycles. The van der Waals surface area contributed by atoms with Crippen LogP contribution in [-0.4, -0.2) is 66.1 Å². The number of aromatic nitrogens is 2. The predicted octanol–water partition coefficient (Wildman–Crippen LogP) is -1.74. The van der Waals surface area contributed by atoms with Crippen molar-refractivity contribution in [1.29, 1.82) is 0 Å². The van der Waals surface area contributed by atoms with E-state index in [0.717, 1.165) is 0 Å². The zero-order valence-electron chi connectivity index (χ0n) is 11.6. The van der Waals surface area contributed by atoms with Crippen molar-refractivity contribution >= 4 is 30.8 Å². The number of nitrogens with zero attached hydrogens (tertiary/aromatic N) is 2. The Balaban J connectivity index is 1.79. The van der Waals surface area contributed by atoms with Gasteiger partial charge in [-0.2, -0.15) is 0 Å². The van der Waals surface area contributed by atoms with E-state index in [1.165, 1.54) is 10.9 Å². The molecule has 0 amide bonds. The van der Waals surface area contributed by atoms with Gasteiger partial charge in [-0.05, 0) is 0 Å². The molecule has 13 heteroatoms. The summed E-state index contributed by atoms with van der Waals surface area (Å²) < 4.78 is 22.0. The van der Waals surface area contributed by atoms with Gasteiger partial charge < -0.3 is 35.4 Å². The number of phosphoric ester groups is 1. The molecule has 11 nitrogen and oxygen atoms in total. The Hall–Kier alpha value is -1.11. The first-order chi connectivity index (χ1) is 10.8. The molecular formula is C10H15N4O7PS. The minimum atomic E-state index is -4.70. The van der Waals surface area contributed by atoms with Gasteiger partial charge in [0, 0.05) is 0 Å². The van der Waals surface area contributed by atoms with Gasteiger partial charge in [-0.15, -0.1) is 0 Å². The van der Waals surface area contributed by atoms with E-state index < -0.39 is 39.0 Å². The largest absolute Gasteiger partial charge is 0.469 e. The number of aliphatic hydroxyl groups excluding tert-OH is 2. The Bertz CT molecular complexity index is 664. The van der Waals surface area contributed by atoms with Crippen LogP contribution in [0.1, 0.15) is 11.9 Å². The third-order valence-corrected chi connectivity index (χ3v) is 4.36. The highest BCUT2D eigenvalue weighted by Crippen LogP contribution is 2.39. The Morgan fingerprint density at radius 2 is 2.17 bits per heavy atom. The molecule has 0 bridgehead atoms. The maximum absolute atomic E-state index is 10.7.